The van der Waals surface area contributed by atoms with E-state index in [-0.39, 0.29) is 11.0 Å². The van der Waals surface area contributed by atoms with Gasteiger partial charge in [-0.2, -0.15) is 0 Å². The van der Waals surface area contributed by atoms with E-state index >= 15 is 0 Å². The minimum atomic E-state index is -0.369. The zero-order valence-electron chi connectivity index (χ0n) is 5.21. The molecule has 0 aromatic carbocycles. The van der Waals surface area contributed by atoms with Crippen LogP contribution in [0.5, 0.6) is 0 Å². The van der Waals surface area contributed by atoms with Gasteiger partial charge in [0.25, 0.3) is 0 Å². The summed E-state index contributed by atoms with van der Waals surface area (Å²) in [5, 5.41) is 0.252. The van der Waals surface area contributed by atoms with Crippen LogP contribution in [0.4, 0.5) is 4.39 Å². The first-order valence-corrected chi connectivity index (χ1v) is 4.08. The van der Waals surface area contributed by atoms with E-state index in [1.165, 1.54) is 11.3 Å². The molecule has 0 fully saturated rings. The van der Waals surface area contributed by atoms with Gasteiger partial charge in [-0.05, 0) is 0 Å². The van der Waals surface area contributed by atoms with Gasteiger partial charge in [0.05, 0.1) is 16.4 Å². The molecule has 0 bridgehead atoms. The summed E-state index contributed by atoms with van der Waals surface area (Å²) in [5.41, 5.74) is 1.98. The van der Waals surface area contributed by atoms with Crippen LogP contribution < -0.4 is 0 Å². The predicted octanol–water partition coefficient (Wildman–Crippen LogP) is 2.48. The van der Waals surface area contributed by atoms with Crippen molar-refractivity contribution in [2.45, 2.75) is 0 Å². The van der Waals surface area contributed by atoms with E-state index < -0.39 is 0 Å². The Morgan fingerprint density at radius 1 is 1.45 bits per heavy atom. The standard InChI is InChI=1S/C6H2ClFN2S/c7-6-4-5(11-2-10-4)3(8)1-9-6/h1-2H. The fourth-order valence-corrected chi connectivity index (χ4v) is 1.73. The molecule has 11 heavy (non-hydrogen) atoms. The summed E-state index contributed by atoms with van der Waals surface area (Å²) in [6, 6.07) is 0. The van der Waals surface area contributed by atoms with Crippen LogP contribution in [0.15, 0.2) is 11.7 Å². The number of fused-ring (bicyclic) bond motifs is 1. The highest BCUT2D eigenvalue weighted by atomic mass is 35.5. The van der Waals surface area contributed by atoms with Crippen LogP contribution in [0.3, 0.4) is 0 Å². The van der Waals surface area contributed by atoms with Crippen molar-refractivity contribution in [3.8, 4) is 0 Å². The van der Waals surface area contributed by atoms with Crippen molar-refractivity contribution in [2.75, 3.05) is 0 Å². The lowest BCUT2D eigenvalue weighted by atomic mass is 10.4. The fourth-order valence-electron chi connectivity index (χ4n) is 0.796. The lowest BCUT2D eigenvalue weighted by Crippen LogP contribution is -1.80. The third-order valence-electron chi connectivity index (χ3n) is 1.27. The van der Waals surface area contributed by atoms with Crippen molar-refractivity contribution in [3.05, 3.63) is 22.7 Å². The number of rotatable bonds is 0. The first kappa shape index (κ1) is 6.94. The molecule has 2 rings (SSSR count). The minimum Gasteiger partial charge on any atom is -0.241 e. The smallest absolute Gasteiger partial charge is 0.161 e. The van der Waals surface area contributed by atoms with E-state index in [1.807, 2.05) is 0 Å². The Labute approximate surface area is 70.7 Å². The maximum atomic E-state index is 12.8. The summed E-state index contributed by atoms with van der Waals surface area (Å²) >= 11 is 6.85. The number of halogens is 2. The van der Waals surface area contributed by atoms with Gasteiger partial charge >= 0.3 is 0 Å². The van der Waals surface area contributed by atoms with Crippen LogP contribution in [0.25, 0.3) is 10.2 Å². The highest BCUT2D eigenvalue weighted by Gasteiger charge is 2.07. The number of aromatic nitrogens is 2. The highest BCUT2D eigenvalue weighted by molar-refractivity contribution is 7.16. The molecule has 2 aromatic heterocycles. The number of hydrogen-bond donors (Lipinski definition) is 0. The normalized spacial score (nSPS) is 10.7. The summed E-state index contributed by atoms with van der Waals surface area (Å²) in [7, 11) is 0. The molecule has 56 valence electrons. The summed E-state index contributed by atoms with van der Waals surface area (Å²) in [6.45, 7) is 0. The maximum Gasteiger partial charge on any atom is 0.161 e. The van der Waals surface area contributed by atoms with Crippen LogP contribution >= 0.6 is 22.9 Å². The number of thiazole rings is 1. The molecule has 0 saturated carbocycles. The molecule has 0 spiro atoms. The molecule has 0 saturated heterocycles. The van der Waals surface area contributed by atoms with E-state index in [4.69, 9.17) is 11.6 Å². The summed E-state index contributed by atoms with van der Waals surface area (Å²) in [4.78, 5) is 7.48. The minimum absolute atomic E-state index is 0.252. The number of hydrogen-bond acceptors (Lipinski definition) is 3. The Morgan fingerprint density at radius 3 is 3.00 bits per heavy atom. The van der Waals surface area contributed by atoms with Crippen LogP contribution in [-0.2, 0) is 0 Å². The molecule has 0 atom stereocenters. The van der Waals surface area contributed by atoms with Crippen molar-refractivity contribution in [1.82, 2.24) is 9.97 Å². The monoisotopic (exact) mass is 188 g/mol. The maximum absolute atomic E-state index is 12.8. The molecule has 0 N–H and O–H groups in total. The summed E-state index contributed by atoms with van der Waals surface area (Å²) < 4.78 is 13.3. The second-order valence-electron chi connectivity index (χ2n) is 1.93. The first-order chi connectivity index (χ1) is 5.29. The predicted molar refractivity (Wildman–Crippen MR) is 42.4 cm³/mol. The van der Waals surface area contributed by atoms with Gasteiger partial charge in [-0.1, -0.05) is 11.6 Å². The summed E-state index contributed by atoms with van der Waals surface area (Å²) in [5.74, 6) is -0.369. The van der Waals surface area contributed by atoms with Crippen LogP contribution in [0.1, 0.15) is 0 Å². The second kappa shape index (κ2) is 2.39. The first-order valence-electron chi connectivity index (χ1n) is 2.82. The molecule has 0 aliphatic rings. The largest absolute Gasteiger partial charge is 0.241 e. The van der Waals surface area contributed by atoms with Crippen molar-refractivity contribution in [2.24, 2.45) is 0 Å². The molecule has 2 heterocycles. The average molecular weight is 189 g/mol. The molecule has 0 amide bonds. The zero-order valence-corrected chi connectivity index (χ0v) is 6.79. The topological polar surface area (TPSA) is 25.8 Å². The van der Waals surface area contributed by atoms with Gasteiger partial charge in [0.15, 0.2) is 11.0 Å². The summed E-state index contributed by atoms with van der Waals surface area (Å²) in [6.07, 6.45) is 1.10. The van der Waals surface area contributed by atoms with E-state index in [1.54, 1.807) is 5.51 Å². The molecule has 0 aliphatic carbocycles. The number of nitrogens with zero attached hydrogens (tertiary/aromatic N) is 2. The quantitative estimate of drug-likeness (QED) is 0.594. The molecule has 0 unspecified atom stereocenters. The molecule has 5 heteroatoms. The van der Waals surface area contributed by atoms with Crippen molar-refractivity contribution in [3.63, 3.8) is 0 Å². The van der Waals surface area contributed by atoms with Gasteiger partial charge in [-0.3, -0.25) is 0 Å². The lowest BCUT2D eigenvalue weighted by molar-refractivity contribution is 0.635. The lowest BCUT2D eigenvalue weighted by Gasteiger charge is -1.90. The average Bonchev–Trinajstić information content (AvgIpc) is 2.45. The van der Waals surface area contributed by atoms with Gasteiger partial charge in [-0.15, -0.1) is 11.3 Å². The van der Waals surface area contributed by atoms with Crippen molar-refractivity contribution in [1.29, 1.82) is 0 Å². The zero-order chi connectivity index (χ0) is 7.84. The number of pyridine rings is 1. The van der Waals surface area contributed by atoms with Crippen molar-refractivity contribution < 1.29 is 4.39 Å². The molecule has 0 aliphatic heterocycles. The molecular formula is C6H2ClFN2S. The Balaban J connectivity index is 2.96. The van der Waals surface area contributed by atoms with E-state index in [2.05, 4.69) is 9.97 Å². The highest BCUT2D eigenvalue weighted by Crippen LogP contribution is 2.25. The Hall–Kier alpha value is -0.740. The molecular weight excluding hydrogens is 187 g/mol. The van der Waals surface area contributed by atoms with E-state index in [9.17, 15) is 4.39 Å². The van der Waals surface area contributed by atoms with Crippen molar-refractivity contribution >= 4 is 33.2 Å². The third-order valence-corrected chi connectivity index (χ3v) is 2.38. The Bertz CT molecular complexity index is 364. The van der Waals surface area contributed by atoms with Crippen LogP contribution in [0, 0.1) is 5.82 Å². The van der Waals surface area contributed by atoms with Gasteiger partial charge in [0, 0.05) is 0 Å². The molecule has 0 radical (unpaired) electrons. The van der Waals surface area contributed by atoms with Gasteiger partial charge in [-0.25, -0.2) is 14.4 Å². The fraction of sp³-hybridized carbons (Fsp3) is 0. The SMILES string of the molecule is Fc1cnc(Cl)c2ncsc12. The van der Waals surface area contributed by atoms with Gasteiger partial charge in [0.1, 0.15) is 5.52 Å². The molecule has 2 aromatic rings. The van der Waals surface area contributed by atoms with Gasteiger partial charge < -0.3 is 0 Å². The third kappa shape index (κ3) is 0.985. The molecule has 2 nitrogen and oxygen atoms in total. The van der Waals surface area contributed by atoms with Gasteiger partial charge in [0.2, 0.25) is 0 Å². The Morgan fingerprint density at radius 2 is 2.27 bits per heavy atom. The second-order valence-corrected chi connectivity index (χ2v) is 3.14. The van der Waals surface area contributed by atoms with E-state index in [0.717, 1.165) is 6.20 Å². The Kier molecular flexibility index (Phi) is 1.51. The van der Waals surface area contributed by atoms with Crippen LogP contribution in [-0.4, -0.2) is 9.97 Å². The van der Waals surface area contributed by atoms with Crippen LogP contribution in [0.2, 0.25) is 5.15 Å². The van der Waals surface area contributed by atoms with E-state index in [0.29, 0.717) is 10.2 Å².